The minimum absolute atomic E-state index is 0.0181. The van der Waals surface area contributed by atoms with Crippen molar-refractivity contribution < 1.29 is 19.1 Å². The number of carbonyl (C=O) groups is 3. The lowest BCUT2D eigenvalue weighted by molar-refractivity contribution is -0.142. The van der Waals surface area contributed by atoms with Crippen molar-refractivity contribution in [1.29, 1.82) is 0 Å². The predicted octanol–water partition coefficient (Wildman–Crippen LogP) is 7.42. The van der Waals surface area contributed by atoms with E-state index in [2.05, 4.69) is 58.5 Å². The van der Waals surface area contributed by atoms with E-state index in [1.54, 1.807) is 0 Å². The van der Waals surface area contributed by atoms with Crippen molar-refractivity contribution in [2.24, 2.45) is 11.7 Å². The summed E-state index contributed by atoms with van der Waals surface area (Å²) in [5.41, 5.74) is 12.3. The van der Waals surface area contributed by atoms with Crippen molar-refractivity contribution in [2.45, 2.75) is 75.6 Å². The number of likely N-dealkylation sites (N-methyl/N-ethyl adjacent to an activating group) is 1. The Morgan fingerprint density at radius 1 is 0.696 bits per heavy atom. The number of hydrogen-bond acceptors (Lipinski definition) is 7. The lowest BCUT2D eigenvalue weighted by Crippen LogP contribution is -2.44. The Bertz CT molecular complexity index is 2150. The maximum Gasteiger partial charge on any atom is 0.404 e. The second-order valence-corrected chi connectivity index (χ2v) is 15.5. The molecular weight excluding hydrogens is 705 g/mol. The van der Waals surface area contributed by atoms with Crippen LogP contribution < -0.4 is 5.73 Å². The van der Waals surface area contributed by atoms with Crippen LogP contribution in [0.4, 0.5) is 4.79 Å². The Morgan fingerprint density at radius 2 is 1.21 bits per heavy atom. The van der Waals surface area contributed by atoms with Gasteiger partial charge >= 0.3 is 6.09 Å². The summed E-state index contributed by atoms with van der Waals surface area (Å²) in [6, 6.07) is 26.2. The lowest BCUT2D eigenvalue weighted by Gasteiger charge is -2.34. The fraction of sp³-hybridized carbons (Fsp3) is 0.386. The highest BCUT2D eigenvalue weighted by atomic mass is 16.6. The molecule has 1 aliphatic carbocycles. The van der Waals surface area contributed by atoms with Gasteiger partial charge in [0.2, 0.25) is 11.8 Å². The number of imidazole rings is 2. The van der Waals surface area contributed by atoms with Crippen LogP contribution in [-0.2, 0) is 14.3 Å². The van der Waals surface area contributed by atoms with Crippen molar-refractivity contribution >= 4 is 17.9 Å². The van der Waals surface area contributed by atoms with Crippen LogP contribution in [-0.4, -0.2) is 85.8 Å². The van der Waals surface area contributed by atoms with E-state index in [0.717, 1.165) is 89.4 Å². The van der Waals surface area contributed by atoms with Crippen LogP contribution in [0.5, 0.6) is 0 Å². The van der Waals surface area contributed by atoms with Crippen LogP contribution in [0.15, 0.2) is 91.3 Å². The average molecular weight is 755 g/mol. The summed E-state index contributed by atoms with van der Waals surface area (Å²) in [5.74, 6) is 1.34. The van der Waals surface area contributed by atoms with Crippen LogP contribution in [0, 0.1) is 5.92 Å². The molecule has 2 aromatic heterocycles. The third-order valence-electron chi connectivity index (χ3n) is 11.8. The molecule has 0 spiro atoms. The average Bonchev–Trinajstić information content (AvgIpc) is 4.05. The molecule has 56 heavy (non-hydrogen) atoms. The highest BCUT2D eigenvalue weighted by Crippen LogP contribution is 2.38. The van der Waals surface area contributed by atoms with Gasteiger partial charge in [0.15, 0.2) is 0 Å². The molecule has 3 amide bonds. The van der Waals surface area contributed by atoms with Crippen molar-refractivity contribution in [2.75, 3.05) is 27.2 Å². The molecule has 0 radical (unpaired) electrons. The number of aromatic amines is 2. The number of H-pyrrole nitrogens is 2. The highest BCUT2D eigenvalue weighted by molar-refractivity contribution is 5.84. The van der Waals surface area contributed by atoms with Crippen molar-refractivity contribution in [3.05, 3.63) is 108 Å². The zero-order valence-corrected chi connectivity index (χ0v) is 32.1. The largest absolute Gasteiger partial charge is 0.446 e. The number of likely N-dealkylation sites (tertiary alicyclic amines) is 2. The number of rotatable bonds is 10. The summed E-state index contributed by atoms with van der Waals surface area (Å²) >= 11 is 0. The minimum Gasteiger partial charge on any atom is -0.446 e. The van der Waals surface area contributed by atoms with Gasteiger partial charge < -0.3 is 30.2 Å². The number of amides is 3. The molecular formula is C44H50N8O4. The third-order valence-corrected chi connectivity index (χ3v) is 11.8. The summed E-state index contributed by atoms with van der Waals surface area (Å²) in [6.45, 7) is 1.37. The summed E-state index contributed by atoms with van der Waals surface area (Å²) < 4.78 is 5.36. The summed E-state index contributed by atoms with van der Waals surface area (Å²) in [5, 5.41) is 0. The first-order valence-electron chi connectivity index (χ1n) is 19.8. The van der Waals surface area contributed by atoms with Crippen LogP contribution in [0.2, 0.25) is 0 Å². The van der Waals surface area contributed by atoms with Crippen molar-refractivity contribution in [3.63, 3.8) is 0 Å². The van der Waals surface area contributed by atoms with Crippen molar-refractivity contribution in [1.82, 2.24) is 34.6 Å². The Labute approximate surface area is 327 Å². The molecule has 8 rings (SSSR count). The number of nitrogens with one attached hydrogen (secondary N) is 2. The summed E-state index contributed by atoms with van der Waals surface area (Å²) in [4.78, 5) is 61.5. The SMILES string of the molecule is CN(C)C(C(=O)N1CCCC1c1ncc(-c2ccc(-c3ccc(-c4cnc(C5CCCN5C(=O)[C@H]5CCCC[C@H]5OC(N)=O)[nH]4)cc3)cc2)[nH]1)c1ccccc1. The first-order chi connectivity index (χ1) is 27.2. The first kappa shape index (κ1) is 37.2. The molecule has 5 aromatic rings. The zero-order chi connectivity index (χ0) is 38.8. The fourth-order valence-corrected chi connectivity index (χ4v) is 8.96. The molecule has 4 heterocycles. The van der Waals surface area contributed by atoms with E-state index < -0.39 is 12.2 Å². The molecule has 12 heteroatoms. The Balaban J connectivity index is 0.919. The fourth-order valence-electron chi connectivity index (χ4n) is 8.96. The normalized spacial score (nSPS) is 21.7. The van der Waals surface area contributed by atoms with Gasteiger partial charge in [0.1, 0.15) is 23.8 Å². The Kier molecular flexibility index (Phi) is 10.7. The van der Waals surface area contributed by atoms with Crippen LogP contribution in [0.3, 0.4) is 0 Å². The lowest BCUT2D eigenvalue weighted by atomic mass is 9.85. The van der Waals surface area contributed by atoms with Crippen molar-refractivity contribution in [3.8, 4) is 33.6 Å². The number of primary amides is 1. The van der Waals surface area contributed by atoms with Gasteiger partial charge in [-0.25, -0.2) is 14.8 Å². The molecule has 12 nitrogen and oxygen atoms in total. The Hall–Kier alpha value is -5.75. The van der Waals surface area contributed by atoms with E-state index in [4.69, 9.17) is 20.4 Å². The molecule has 2 saturated heterocycles. The second kappa shape index (κ2) is 16.2. The highest BCUT2D eigenvalue weighted by Gasteiger charge is 2.41. The summed E-state index contributed by atoms with van der Waals surface area (Å²) in [7, 11) is 3.91. The molecule has 5 atom stereocenters. The summed E-state index contributed by atoms with van der Waals surface area (Å²) in [6.07, 6.45) is 9.14. The number of ether oxygens (including phenoxy) is 1. The van der Waals surface area contributed by atoms with Gasteiger partial charge in [-0.15, -0.1) is 0 Å². The van der Waals surface area contributed by atoms with Gasteiger partial charge in [-0.3, -0.25) is 14.5 Å². The molecule has 3 aliphatic rings. The van der Waals surface area contributed by atoms with E-state index in [-0.39, 0.29) is 35.9 Å². The first-order valence-corrected chi connectivity index (χ1v) is 19.8. The van der Waals surface area contributed by atoms with Crippen LogP contribution in [0.1, 0.15) is 86.7 Å². The zero-order valence-electron chi connectivity index (χ0n) is 32.1. The molecule has 0 bridgehead atoms. The third kappa shape index (κ3) is 7.58. The topological polar surface area (TPSA) is 154 Å². The van der Waals surface area contributed by atoms with Crippen LogP contribution >= 0.6 is 0 Å². The van der Waals surface area contributed by atoms with E-state index >= 15 is 0 Å². The van der Waals surface area contributed by atoms with Gasteiger partial charge in [-0.1, -0.05) is 85.3 Å². The van der Waals surface area contributed by atoms with E-state index in [1.165, 1.54) is 0 Å². The molecule has 3 fully saturated rings. The molecule has 290 valence electrons. The van der Waals surface area contributed by atoms with Gasteiger partial charge in [-0.05, 0) is 86.9 Å². The van der Waals surface area contributed by atoms with Crippen LogP contribution in [0.25, 0.3) is 33.6 Å². The monoisotopic (exact) mass is 754 g/mol. The predicted molar refractivity (Wildman–Crippen MR) is 214 cm³/mol. The van der Waals surface area contributed by atoms with E-state index in [0.29, 0.717) is 25.9 Å². The second-order valence-electron chi connectivity index (χ2n) is 15.5. The number of hydrogen-bond donors (Lipinski definition) is 3. The number of carbonyl (C=O) groups excluding carboxylic acids is 3. The Morgan fingerprint density at radius 3 is 1.77 bits per heavy atom. The number of aromatic nitrogens is 4. The van der Waals surface area contributed by atoms with E-state index in [1.807, 2.05) is 71.5 Å². The quantitative estimate of drug-likeness (QED) is 0.134. The molecule has 1 saturated carbocycles. The van der Waals surface area contributed by atoms with Gasteiger partial charge in [-0.2, -0.15) is 0 Å². The van der Waals surface area contributed by atoms with Gasteiger partial charge in [0.05, 0.1) is 41.8 Å². The molecule has 2 aliphatic heterocycles. The number of nitrogens with zero attached hydrogens (tertiary/aromatic N) is 5. The standard InChI is InChI=1S/C44H50N8O4/c1-50(2)39(32-10-4-3-5-11-32)43(54)52-25-9-14-37(52)41-47-27-35(49-41)31-22-18-29(19-23-31)28-16-20-30(21-17-28)34-26-46-40(48-34)36-13-8-24-51(36)42(53)33-12-6-7-15-38(33)56-44(45)55/h3-5,10-11,16-23,26-27,33,36-39H,6-9,12-15,24-25H2,1-2H3,(H2,45,55)(H,46,48)(H,47,49)/t33-,36?,37?,38+,39?/m0/s1. The number of nitrogens with two attached hydrogens (primary N) is 1. The van der Waals surface area contributed by atoms with E-state index in [9.17, 15) is 14.4 Å². The minimum atomic E-state index is -0.824. The maximum absolute atomic E-state index is 13.9. The molecule has 4 N–H and O–H groups in total. The van der Waals surface area contributed by atoms with Gasteiger partial charge in [0.25, 0.3) is 0 Å². The smallest absolute Gasteiger partial charge is 0.404 e. The number of benzene rings is 3. The van der Waals surface area contributed by atoms with Gasteiger partial charge in [0, 0.05) is 13.1 Å². The molecule has 3 aromatic carbocycles. The maximum atomic E-state index is 13.9. The molecule has 3 unspecified atom stereocenters.